The Balaban J connectivity index is 1.87. The molecule has 0 aliphatic heterocycles. The molecular formula is C17H17Cl2NO2. The third-order valence-electron chi connectivity index (χ3n) is 3.19. The summed E-state index contributed by atoms with van der Waals surface area (Å²) in [5.74, 6) is -0.0785. The number of ether oxygens (including phenoxy) is 1. The molecule has 5 heteroatoms. The monoisotopic (exact) mass is 337 g/mol. The third-order valence-corrected chi connectivity index (χ3v) is 3.78. The molecule has 0 radical (unpaired) electrons. The number of nitrogens with one attached hydrogen (secondary N) is 1. The van der Waals surface area contributed by atoms with E-state index in [0.717, 1.165) is 16.7 Å². The van der Waals surface area contributed by atoms with Crippen molar-refractivity contribution in [1.82, 2.24) is 5.32 Å². The van der Waals surface area contributed by atoms with Gasteiger partial charge in [0.15, 0.2) is 0 Å². The lowest BCUT2D eigenvalue weighted by molar-refractivity contribution is -0.120. The SMILES string of the molecule is COCc1ccc(CNC(=O)Cc2ccc(Cl)cc2Cl)cc1. The van der Waals surface area contributed by atoms with Gasteiger partial charge in [-0.15, -0.1) is 0 Å². The van der Waals surface area contributed by atoms with E-state index >= 15 is 0 Å². The van der Waals surface area contributed by atoms with Gasteiger partial charge in [0.1, 0.15) is 0 Å². The van der Waals surface area contributed by atoms with E-state index in [2.05, 4.69) is 5.32 Å². The van der Waals surface area contributed by atoms with Crippen molar-refractivity contribution in [3.8, 4) is 0 Å². The second kappa shape index (κ2) is 8.18. The van der Waals surface area contributed by atoms with Gasteiger partial charge in [0.2, 0.25) is 5.91 Å². The third kappa shape index (κ3) is 5.02. The number of hydrogen-bond donors (Lipinski definition) is 1. The van der Waals surface area contributed by atoms with E-state index in [0.29, 0.717) is 23.2 Å². The Morgan fingerprint density at radius 2 is 1.77 bits per heavy atom. The maximum Gasteiger partial charge on any atom is 0.224 e. The van der Waals surface area contributed by atoms with Crippen LogP contribution in [0.3, 0.4) is 0 Å². The van der Waals surface area contributed by atoms with Crippen molar-refractivity contribution in [2.75, 3.05) is 7.11 Å². The lowest BCUT2D eigenvalue weighted by atomic mass is 10.1. The minimum atomic E-state index is -0.0785. The molecule has 0 fully saturated rings. The van der Waals surface area contributed by atoms with Gasteiger partial charge < -0.3 is 10.1 Å². The highest BCUT2D eigenvalue weighted by molar-refractivity contribution is 6.35. The molecule has 0 saturated heterocycles. The van der Waals surface area contributed by atoms with Crippen LogP contribution in [0.1, 0.15) is 16.7 Å². The normalized spacial score (nSPS) is 10.5. The highest BCUT2D eigenvalue weighted by atomic mass is 35.5. The molecule has 0 spiro atoms. The zero-order valence-corrected chi connectivity index (χ0v) is 13.7. The minimum Gasteiger partial charge on any atom is -0.380 e. The minimum absolute atomic E-state index is 0.0785. The number of carbonyl (C=O) groups is 1. The van der Waals surface area contributed by atoms with Gasteiger partial charge in [-0.1, -0.05) is 53.5 Å². The number of rotatable bonds is 6. The first-order valence-electron chi connectivity index (χ1n) is 6.86. The fourth-order valence-electron chi connectivity index (χ4n) is 2.02. The average Bonchev–Trinajstić information content (AvgIpc) is 2.50. The van der Waals surface area contributed by atoms with Crippen molar-refractivity contribution in [3.63, 3.8) is 0 Å². The second-order valence-electron chi connectivity index (χ2n) is 4.94. The van der Waals surface area contributed by atoms with Gasteiger partial charge in [-0.05, 0) is 28.8 Å². The molecular weight excluding hydrogens is 321 g/mol. The van der Waals surface area contributed by atoms with Crippen LogP contribution in [0.4, 0.5) is 0 Å². The van der Waals surface area contributed by atoms with Crippen LogP contribution in [-0.4, -0.2) is 13.0 Å². The maximum absolute atomic E-state index is 12.0. The first-order valence-corrected chi connectivity index (χ1v) is 7.61. The van der Waals surface area contributed by atoms with Crippen LogP contribution < -0.4 is 5.32 Å². The first-order chi connectivity index (χ1) is 10.6. The standard InChI is InChI=1S/C17H17Cl2NO2/c1-22-11-13-4-2-12(3-5-13)10-20-17(21)8-14-6-7-15(18)9-16(14)19/h2-7,9H,8,10-11H2,1H3,(H,20,21). The van der Waals surface area contributed by atoms with Crippen LogP contribution in [0, 0.1) is 0 Å². The number of hydrogen-bond acceptors (Lipinski definition) is 2. The Labute approximate surface area is 140 Å². The van der Waals surface area contributed by atoms with E-state index in [9.17, 15) is 4.79 Å². The highest BCUT2D eigenvalue weighted by Gasteiger charge is 2.07. The Bertz CT molecular complexity index is 642. The zero-order chi connectivity index (χ0) is 15.9. The Morgan fingerprint density at radius 1 is 1.09 bits per heavy atom. The first kappa shape index (κ1) is 16.8. The molecule has 3 nitrogen and oxygen atoms in total. The summed E-state index contributed by atoms with van der Waals surface area (Å²) in [6.45, 7) is 1.07. The summed E-state index contributed by atoms with van der Waals surface area (Å²) in [6.07, 6.45) is 0.234. The van der Waals surface area contributed by atoms with Crippen molar-refractivity contribution in [1.29, 1.82) is 0 Å². The molecule has 0 aliphatic carbocycles. The van der Waals surface area contributed by atoms with Crippen molar-refractivity contribution < 1.29 is 9.53 Å². The molecule has 2 aromatic carbocycles. The van der Waals surface area contributed by atoms with Crippen LogP contribution in [0.15, 0.2) is 42.5 Å². The van der Waals surface area contributed by atoms with Gasteiger partial charge in [0, 0.05) is 23.7 Å². The lowest BCUT2D eigenvalue weighted by Gasteiger charge is -2.08. The molecule has 0 unspecified atom stereocenters. The summed E-state index contributed by atoms with van der Waals surface area (Å²) in [5.41, 5.74) is 2.90. The molecule has 116 valence electrons. The van der Waals surface area contributed by atoms with Crippen molar-refractivity contribution >= 4 is 29.1 Å². The Morgan fingerprint density at radius 3 is 2.41 bits per heavy atom. The van der Waals surface area contributed by atoms with Gasteiger partial charge in [-0.25, -0.2) is 0 Å². The summed E-state index contributed by atoms with van der Waals surface area (Å²) >= 11 is 11.9. The summed E-state index contributed by atoms with van der Waals surface area (Å²) in [6, 6.07) is 13.1. The molecule has 0 heterocycles. The maximum atomic E-state index is 12.0. The molecule has 0 aliphatic rings. The zero-order valence-electron chi connectivity index (χ0n) is 12.2. The van der Waals surface area contributed by atoms with E-state index in [-0.39, 0.29) is 12.3 Å². The van der Waals surface area contributed by atoms with Crippen LogP contribution in [0.2, 0.25) is 10.0 Å². The predicted molar refractivity (Wildman–Crippen MR) is 89.2 cm³/mol. The number of amides is 1. The lowest BCUT2D eigenvalue weighted by Crippen LogP contribution is -2.24. The topological polar surface area (TPSA) is 38.3 Å². The van der Waals surface area contributed by atoms with E-state index in [4.69, 9.17) is 27.9 Å². The number of halogens is 2. The number of carbonyl (C=O) groups excluding carboxylic acids is 1. The molecule has 1 amide bonds. The van der Waals surface area contributed by atoms with Gasteiger partial charge >= 0.3 is 0 Å². The fourth-order valence-corrected chi connectivity index (χ4v) is 2.50. The number of benzene rings is 2. The molecule has 2 aromatic rings. The van der Waals surface area contributed by atoms with Gasteiger partial charge in [0.25, 0.3) is 0 Å². The predicted octanol–water partition coefficient (Wildman–Crippen LogP) is 4.00. The van der Waals surface area contributed by atoms with E-state index in [1.807, 2.05) is 24.3 Å². The van der Waals surface area contributed by atoms with Crippen molar-refractivity contribution in [2.45, 2.75) is 19.6 Å². The van der Waals surface area contributed by atoms with Crippen LogP contribution >= 0.6 is 23.2 Å². The average molecular weight is 338 g/mol. The summed E-state index contributed by atoms with van der Waals surface area (Å²) in [5, 5.41) is 3.95. The summed E-state index contributed by atoms with van der Waals surface area (Å²) in [7, 11) is 1.66. The largest absolute Gasteiger partial charge is 0.380 e. The van der Waals surface area contributed by atoms with Crippen LogP contribution in [-0.2, 0) is 29.1 Å². The molecule has 0 atom stereocenters. The Hall–Kier alpha value is -1.55. The molecule has 2 rings (SSSR count). The van der Waals surface area contributed by atoms with E-state index in [1.165, 1.54) is 0 Å². The molecule has 0 bridgehead atoms. The van der Waals surface area contributed by atoms with Crippen molar-refractivity contribution in [3.05, 3.63) is 69.2 Å². The van der Waals surface area contributed by atoms with Gasteiger partial charge in [-0.2, -0.15) is 0 Å². The van der Waals surface area contributed by atoms with Gasteiger partial charge in [0.05, 0.1) is 13.0 Å². The molecule has 1 N–H and O–H groups in total. The molecule has 22 heavy (non-hydrogen) atoms. The number of methoxy groups -OCH3 is 1. The Kier molecular flexibility index (Phi) is 6.25. The molecule has 0 saturated carbocycles. The van der Waals surface area contributed by atoms with E-state index < -0.39 is 0 Å². The smallest absolute Gasteiger partial charge is 0.224 e. The van der Waals surface area contributed by atoms with Crippen LogP contribution in [0.25, 0.3) is 0 Å². The summed E-state index contributed by atoms with van der Waals surface area (Å²) < 4.78 is 5.06. The van der Waals surface area contributed by atoms with Crippen molar-refractivity contribution in [2.24, 2.45) is 0 Å². The van der Waals surface area contributed by atoms with E-state index in [1.54, 1.807) is 25.3 Å². The molecule has 0 aromatic heterocycles. The second-order valence-corrected chi connectivity index (χ2v) is 5.78. The summed E-state index contributed by atoms with van der Waals surface area (Å²) in [4.78, 5) is 12.0. The van der Waals surface area contributed by atoms with Crippen LogP contribution in [0.5, 0.6) is 0 Å². The van der Waals surface area contributed by atoms with Gasteiger partial charge in [-0.3, -0.25) is 4.79 Å². The quantitative estimate of drug-likeness (QED) is 0.865. The highest BCUT2D eigenvalue weighted by Crippen LogP contribution is 2.21. The fraction of sp³-hybridized carbons (Fsp3) is 0.235.